The van der Waals surface area contributed by atoms with Crippen LogP contribution in [0.15, 0.2) is 0 Å². The van der Waals surface area contributed by atoms with Gasteiger partial charge in [-0.1, -0.05) is 33.1 Å². The molecule has 0 aromatic heterocycles. The number of hydrogen-bond acceptors (Lipinski definition) is 1. The summed E-state index contributed by atoms with van der Waals surface area (Å²) in [6.45, 7) is 5.43. The first-order chi connectivity index (χ1) is 7.26. The van der Waals surface area contributed by atoms with Gasteiger partial charge in [0.1, 0.15) is 0 Å². The van der Waals surface area contributed by atoms with E-state index in [-0.39, 0.29) is 0 Å². The molecule has 0 amide bonds. The molecule has 0 heterocycles. The van der Waals surface area contributed by atoms with Crippen LogP contribution < -0.4 is 10.6 Å². The molecular formula is C12H24N2S. The second kappa shape index (κ2) is 7.04. The summed E-state index contributed by atoms with van der Waals surface area (Å²) in [7, 11) is 0. The van der Waals surface area contributed by atoms with E-state index >= 15 is 0 Å². The van der Waals surface area contributed by atoms with Crippen LogP contribution in [-0.2, 0) is 0 Å². The Morgan fingerprint density at radius 3 is 2.67 bits per heavy atom. The average Bonchev–Trinajstić information content (AvgIpc) is 3.01. The van der Waals surface area contributed by atoms with E-state index in [1.165, 1.54) is 38.5 Å². The van der Waals surface area contributed by atoms with Gasteiger partial charge in [-0.15, -0.1) is 0 Å². The van der Waals surface area contributed by atoms with E-state index in [1.807, 2.05) is 0 Å². The zero-order chi connectivity index (χ0) is 11.1. The van der Waals surface area contributed by atoms with E-state index in [0.29, 0.717) is 6.04 Å². The molecule has 3 heteroatoms. The SMILES string of the molecule is CCCCNC(=S)NC(CC)CC1CC1. The van der Waals surface area contributed by atoms with E-state index in [9.17, 15) is 0 Å². The quantitative estimate of drug-likeness (QED) is 0.517. The zero-order valence-electron chi connectivity index (χ0n) is 10.0. The fraction of sp³-hybridized carbons (Fsp3) is 0.917. The second-order valence-corrected chi connectivity index (χ2v) is 4.95. The third-order valence-electron chi connectivity index (χ3n) is 2.96. The van der Waals surface area contributed by atoms with Crippen LogP contribution in [0.3, 0.4) is 0 Å². The molecule has 1 unspecified atom stereocenters. The molecule has 1 fully saturated rings. The Kier molecular flexibility index (Phi) is 5.99. The van der Waals surface area contributed by atoms with Crippen molar-refractivity contribution in [2.24, 2.45) is 5.92 Å². The van der Waals surface area contributed by atoms with E-state index in [1.54, 1.807) is 0 Å². The highest BCUT2D eigenvalue weighted by molar-refractivity contribution is 7.80. The molecule has 1 aliphatic carbocycles. The van der Waals surface area contributed by atoms with Crippen molar-refractivity contribution in [2.45, 2.75) is 58.4 Å². The van der Waals surface area contributed by atoms with Crippen molar-refractivity contribution in [3.05, 3.63) is 0 Å². The van der Waals surface area contributed by atoms with E-state index < -0.39 is 0 Å². The van der Waals surface area contributed by atoms with Crippen LogP contribution in [0.25, 0.3) is 0 Å². The number of nitrogens with one attached hydrogen (secondary N) is 2. The van der Waals surface area contributed by atoms with E-state index in [0.717, 1.165) is 17.6 Å². The Morgan fingerprint density at radius 1 is 1.40 bits per heavy atom. The van der Waals surface area contributed by atoms with Gasteiger partial charge in [0, 0.05) is 12.6 Å². The van der Waals surface area contributed by atoms with Gasteiger partial charge in [-0.25, -0.2) is 0 Å². The predicted octanol–water partition coefficient (Wildman–Crippen LogP) is 2.83. The first-order valence-electron chi connectivity index (χ1n) is 6.30. The third-order valence-corrected chi connectivity index (χ3v) is 3.22. The van der Waals surface area contributed by atoms with Gasteiger partial charge in [0.15, 0.2) is 5.11 Å². The Labute approximate surface area is 99.2 Å². The molecule has 1 atom stereocenters. The first-order valence-corrected chi connectivity index (χ1v) is 6.71. The van der Waals surface area contributed by atoms with Crippen LogP contribution in [0.5, 0.6) is 0 Å². The Balaban J connectivity index is 2.09. The van der Waals surface area contributed by atoms with Crippen molar-refractivity contribution < 1.29 is 0 Å². The standard InChI is InChI=1S/C12H24N2S/c1-3-5-8-13-12(15)14-11(4-2)9-10-6-7-10/h10-11H,3-9H2,1-2H3,(H2,13,14,15). The maximum Gasteiger partial charge on any atom is 0.166 e. The molecule has 2 N–H and O–H groups in total. The third kappa shape index (κ3) is 5.98. The summed E-state index contributed by atoms with van der Waals surface area (Å²) >= 11 is 5.26. The Bertz CT molecular complexity index is 190. The van der Waals surface area contributed by atoms with Crippen LogP contribution in [0.2, 0.25) is 0 Å². The second-order valence-electron chi connectivity index (χ2n) is 4.54. The fourth-order valence-corrected chi connectivity index (χ4v) is 1.97. The lowest BCUT2D eigenvalue weighted by Crippen LogP contribution is -2.42. The highest BCUT2D eigenvalue weighted by Crippen LogP contribution is 2.33. The first kappa shape index (κ1) is 12.8. The molecule has 0 spiro atoms. The molecule has 0 bridgehead atoms. The molecule has 1 saturated carbocycles. The lowest BCUT2D eigenvalue weighted by atomic mass is 10.1. The molecule has 2 nitrogen and oxygen atoms in total. The van der Waals surface area contributed by atoms with Gasteiger partial charge < -0.3 is 10.6 Å². The summed E-state index contributed by atoms with van der Waals surface area (Å²) < 4.78 is 0. The summed E-state index contributed by atoms with van der Waals surface area (Å²) in [5.74, 6) is 0.973. The summed E-state index contributed by atoms with van der Waals surface area (Å²) in [4.78, 5) is 0. The fourth-order valence-electron chi connectivity index (χ4n) is 1.70. The van der Waals surface area contributed by atoms with Crippen LogP contribution in [0, 0.1) is 5.92 Å². The monoisotopic (exact) mass is 228 g/mol. The van der Waals surface area contributed by atoms with E-state index in [2.05, 4.69) is 24.5 Å². The molecule has 0 aromatic rings. The summed E-state index contributed by atoms with van der Waals surface area (Å²) in [6, 6.07) is 0.583. The maximum absolute atomic E-state index is 5.26. The van der Waals surface area contributed by atoms with Crippen molar-refractivity contribution in [2.75, 3.05) is 6.54 Å². The normalized spacial score (nSPS) is 17.2. The van der Waals surface area contributed by atoms with E-state index in [4.69, 9.17) is 12.2 Å². The van der Waals surface area contributed by atoms with Gasteiger partial charge in [0.2, 0.25) is 0 Å². The van der Waals surface area contributed by atoms with Gasteiger partial charge in [-0.05, 0) is 37.4 Å². The van der Waals surface area contributed by atoms with Crippen molar-refractivity contribution in [1.82, 2.24) is 10.6 Å². The summed E-state index contributed by atoms with van der Waals surface area (Å²) in [5, 5.41) is 7.52. The van der Waals surface area contributed by atoms with Crippen molar-refractivity contribution >= 4 is 17.3 Å². The van der Waals surface area contributed by atoms with Gasteiger partial charge in [0.25, 0.3) is 0 Å². The Hall–Kier alpha value is -0.310. The summed E-state index contributed by atoms with van der Waals surface area (Å²) in [5.41, 5.74) is 0. The minimum absolute atomic E-state index is 0.583. The zero-order valence-corrected chi connectivity index (χ0v) is 10.8. The lowest BCUT2D eigenvalue weighted by Gasteiger charge is -2.19. The van der Waals surface area contributed by atoms with Gasteiger partial charge in [0.05, 0.1) is 0 Å². The van der Waals surface area contributed by atoms with Gasteiger partial charge in [-0.3, -0.25) is 0 Å². The molecule has 0 aromatic carbocycles. The van der Waals surface area contributed by atoms with Crippen LogP contribution in [-0.4, -0.2) is 17.7 Å². The smallest absolute Gasteiger partial charge is 0.166 e. The molecule has 88 valence electrons. The van der Waals surface area contributed by atoms with Crippen LogP contribution in [0.1, 0.15) is 52.4 Å². The average molecular weight is 228 g/mol. The number of thiocarbonyl (C=S) groups is 1. The van der Waals surface area contributed by atoms with Crippen molar-refractivity contribution in [1.29, 1.82) is 0 Å². The number of unbranched alkanes of at least 4 members (excludes halogenated alkanes) is 1. The highest BCUT2D eigenvalue weighted by Gasteiger charge is 2.24. The maximum atomic E-state index is 5.26. The van der Waals surface area contributed by atoms with Gasteiger partial charge in [-0.2, -0.15) is 0 Å². The minimum Gasteiger partial charge on any atom is -0.363 e. The lowest BCUT2D eigenvalue weighted by molar-refractivity contribution is 0.507. The van der Waals surface area contributed by atoms with Crippen LogP contribution in [0.4, 0.5) is 0 Å². The molecule has 0 aliphatic heterocycles. The van der Waals surface area contributed by atoms with Crippen molar-refractivity contribution in [3.8, 4) is 0 Å². The molecular weight excluding hydrogens is 204 g/mol. The van der Waals surface area contributed by atoms with Crippen molar-refractivity contribution in [3.63, 3.8) is 0 Å². The van der Waals surface area contributed by atoms with Crippen LogP contribution >= 0.6 is 12.2 Å². The molecule has 0 saturated heterocycles. The largest absolute Gasteiger partial charge is 0.363 e. The summed E-state index contributed by atoms with van der Waals surface area (Å²) in [6.07, 6.45) is 7.73. The molecule has 0 radical (unpaired) electrons. The minimum atomic E-state index is 0.583. The predicted molar refractivity (Wildman–Crippen MR) is 70.1 cm³/mol. The molecule has 1 rings (SSSR count). The molecule has 1 aliphatic rings. The Morgan fingerprint density at radius 2 is 2.13 bits per heavy atom. The highest BCUT2D eigenvalue weighted by atomic mass is 32.1. The number of rotatable bonds is 7. The number of hydrogen-bond donors (Lipinski definition) is 2. The topological polar surface area (TPSA) is 24.1 Å². The van der Waals surface area contributed by atoms with Gasteiger partial charge >= 0.3 is 0 Å². The molecule has 15 heavy (non-hydrogen) atoms.